The van der Waals surface area contributed by atoms with Gasteiger partial charge >= 0.3 is 17.9 Å². The summed E-state index contributed by atoms with van der Waals surface area (Å²) in [6.45, 7) is 11.3. The average Bonchev–Trinajstić information content (AvgIpc) is 3.15. The van der Waals surface area contributed by atoms with E-state index in [2.05, 4.69) is 44.5 Å². The molecule has 0 saturated heterocycles. The van der Waals surface area contributed by atoms with Crippen LogP contribution in [0.2, 0.25) is 23.2 Å². The molecule has 1 aliphatic carbocycles. The Morgan fingerprint density at radius 3 is 2.45 bits per heavy atom. The third-order valence-electron chi connectivity index (χ3n) is 7.38. The quantitative estimate of drug-likeness (QED) is 0.301. The van der Waals surface area contributed by atoms with Gasteiger partial charge in [-0.25, -0.2) is 9.18 Å². The van der Waals surface area contributed by atoms with Crippen molar-refractivity contribution in [2.45, 2.75) is 57.9 Å². The number of carbonyl (C=O) groups is 3. The molecule has 2 aromatic carbocycles. The summed E-state index contributed by atoms with van der Waals surface area (Å²) in [5.74, 6) is -2.65. The highest BCUT2D eigenvalue weighted by atomic mass is 35.5. The van der Waals surface area contributed by atoms with Crippen molar-refractivity contribution in [3.63, 3.8) is 0 Å². The first-order valence-corrected chi connectivity index (χ1v) is 15.6. The number of hydrogen-bond donors (Lipinski definition) is 3. The minimum absolute atomic E-state index is 0.000470. The SMILES string of the molecule is CN(Cc1ccc2c(c1)[C@H](NC(=O)C(=O)Nc1ccc(Cl)c(F)c1)[C@@H](CO[Si](C)(C)C(C)(C)C)C2)C(=O)O. The van der Waals surface area contributed by atoms with Crippen molar-refractivity contribution in [2.75, 3.05) is 19.0 Å². The van der Waals surface area contributed by atoms with Crippen LogP contribution in [0.15, 0.2) is 36.4 Å². The smallest absolute Gasteiger partial charge is 0.407 e. The summed E-state index contributed by atoms with van der Waals surface area (Å²) in [6.07, 6.45) is -0.417. The van der Waals surface area contributed by atoms with Gasteiger partial charge in [0, 0.05) is 31.8 Å². The largest absolute Gasteiger partial charge is 0.465 e. The van der Waals surface area contributed by atoms with Crippen LogP contribution in [-0.4, -0.2) is 49.9 Å². The summed E-state index contributed by atoms with van der Waals surface area (Å²) in [5, 5.41) is 14.4. The van der Waals surface area contributed by atoms with Crippen molar-refractivity contribution in [1.29, 1.82) is 0 Å². The lowest BCUT2D eigenvalue weighted by molar-refractivity contribution is -0.136. The van der Waals surface area contributed by atoms with Gasteiger partial charge in [-0.15, -0.1) is 0 Å². The number of fused-ring (bicyclic) bond motifs is 1. The minimum Gasteiger partial charge on any atom is -0.465 e. The third kappa shape index (κ3) is 6.92. The molecule has 0 fully saturated rings. The third-order valence-corrected chi connectivity index (χ3v) is 12.2. The Hall–Kier alpha value is -2.95. The summed E-state index contributed by atoms with van der Waals surface area (Å²) in [5.41, 5.74) is 2.69. The van der Waals surface area contributed by atoms with E-state index in [0.29, 0.717) is 13.0 Å². The lowest BCUT2D eigenvalue weighted by Crippen LogP contribution is -2.44. The average molecular weight is 564 g/mol. The van der Waals surface area contributed by atoms with Crippen molar-refractivity contribution in [2.24, 2.45) is 5.92 Å². The van der Waals surface area contributed by atoms with Crippen LogP contribution in [0.1, 0.15) is 43.5 Å². The first-order chi connectivity index (χ1) is 17.6. The molecule has 0 radical (unpaired) electrons. The molecule has 206 valence electrons. The van der Waals surface area contributed by atoms with Crippen molar-refractivity contribution < 1.29 is 28.3 Å². The molecule has 8 nitrogen and oxygen atoms in total. The highest BCUT2D eigenvalue weighted by Crippen LogP contribution is 2.41. The van der Waals surface area contributed by atoms with Crippen LogP contribution in [0.5, 0.6) is 0 Å². The minimum atomic E-state index is -2.08. The first-order valence-electron chi connectivity index (χ1n) is 12.4. The fourth-order valence-electron chi connectivity index (χ4n) is 4.07. The predicted octanol–water partition coefficient (Wildman–Crippen LogP) is 5.58. The Bertz CT molecular complexity index is 1230. The van der Waals surface area contributed by atoms with E-state index >= 15 is 0 Å². The lowest BCUT2D eigenvalue weighted by atomic mass is 10.00. The van der Waals surface area contributed by atoms with E-state index in [-0.39, 0.29) is 28.2 Å². The van der Waals surface area contributed by atoms with Gasteiger partial charge in [0.2, 0.25) is 0 Å². The van der Waals surface area contributed by atoms with E-state index in [1.807, 2.05) is 18.2 Å². The standard InChI is InChI=1S/C27H35ClFN3O5Si/c1-27(2,3)38(5,6)37-15-18-12-17-8-7-16(14-32(4)26(35)36)11-20(17)23(18)31-25(34)24(33)30-19-9-10-21(28)22(29)13-19/h7-11,13,18,23H,12,14-15H2,1-6H3,(H,30,33)(H,31,34)(H,35,36)/t18-,23-/m1/s1. The molecule has 0 unspecified atom stereocenters. The van der Waals surface area contributed by atoms with E-state index < -0.39 is 38.1 Å². The van der Waals surface area contributed by atoms with Gasteiger partial charge < -0.3 is 25.1 Å². The maximum absolute atomic E-state index is 13.8. The number of nitrogens with zero attached hydrogens (tertiary/aromatic N) is 1. The predicted molar refractivity (Wildman–Crippen MR) is 147 cm³/mol. The zero-order valence-electron chi connectivity index (χ0n) is 22.5. The molecule has 3 amide bonds. The molecule has 38 heavy (non-hydrogen) atoms. The second-order valence-corrected chi connectivity index (χ2v) is 16.5. The molecule has 3 rings (SSSR count). The molecule has 0 saturated carbocycles. The van der Waals surface area contributed by atoms with E-state index in [0.717, 1.165) is 22.8 Å². The Morgan fingerprint density at radius 2 is 1.84 bits per heavy atom. The second-order valence-electron chi connectivity index (χ2n) is 11.2. The van der Waals surface area contributed by atoms with Gasteiger partial charge in [-0.1, -0.05) is 50.6 Å². The van der Waals surface area contributed by atoms with Crippen LogP contribution in [0.3, 0.4) is 0 Å². The van der Waals surface area contributed by atoms with E-state index in [9.17, 15) is 23.9 Å². The van der Waals surface area contributed by atoms with Gasteiger partial charge in [0.1, 0.15) is 5.82 Å². The topological polar surface area (TPSA) is 108 Å². The van der Waals surface area contributed by atoms with Crippen molar-refractivity contribution in [3.8, 4) is 0 Å². The molecular formula is C27H35ClFN3O5Si. The van der Waals surface area contributed by atoms with Gasteiger partial charge in [-0.3, -0.25) is 9.59 Å². The van der Waals surface area contributed by atoms with Crippen LogP contribution in [-0.2, 0) is 27.0 Å². The molecular weight excluding hydrogens is 529 g/mol. The summed E-state index contributed by atoms with van der Waals surface area (Å²) >= 11 is 5.70. The van der Waals surface area contributed by atoms with Crippen molar-refractivity contribution in [1.82, 2.24) is 10.2 Å². The van der Waals surface area contributed by atoms with Crippen molar-refractivity contribution in [3.05, 3.63) is 63.9 Å². The molecule has 2 atom stereocenters. The normalized spacial score (nSPS) is 17.1. The highest BCUT2D eigenvalue weighted by Gasteiger charge is 2.41. The molecule has 0 spiro atoms. The number of amides is 3. The fourth-order valence-corrected chi connectivity index (χ4v) is 5.25. The first kappa shape index (κ1) is 29.6. The highest BCUT2D eigenvalue weighted by molar-refractivity contribution is 6.74. The molecule has 1 aliphatic rings. The van der Waals surface area contributed by atoms with Gasteiger partial charge in [0.05, 0.1) is 11.1 Å². The van der Waals surface area contributed by atoms with Crippen LogP contribution < -0.4 is 10.6 Å². The fraction of sp³-hybridized carbons (Fsp3) is 0.444. The Kier molecular flexibility index (Phi) is 8.90. The number of anilines is 1. The van der Waals surface area contributed by atoms with E-state index in [4.69, 9.17) is 16.0 Å². The zero-order valence-corrected chi connectivity index (χ0v) is 24.3. The van der Waals surface area contributed by atoms with E-state index in [1.54, 1.807) is 0 Å². The molecule has 3 N–H and O–H groups in total. The van der Waals surface area contributed by atoms with Crippen LogP contribution >= 0.6 is 11.6 Å². The molecule has 0 heterocycles. The summed E-state index contributed by atoms with van der Waals surface area (Å²) in [6, 6.07) is 8.89. The number of rotatable bonds is 7. The number of benzene rings is 2. The van der Waals surface area contributed by atoms with Gasteiger partial charge in [0.25, 0.3) is 0 Å². The Balaban J connectivity index is 1.84. The lowest BCUT2D eigenvalue weighted by Gasteiger charge is -2.37. The number of carbonyl (C=O) groups excluding carboxylic acids is 2. The summed E-state index contributed by atoms with van der Waals surface area (Å²) in [4.78, 5) is 38.1. The summed E-state index contributed by atoms with van der Waals surface area (Å²) < 4.78 is 20.3. The number of nitrogens with one attached hydrogen (secondary N) is 2. The van der Waals surface area contributed by atoms with Gasteiger partial charge in [-0.05, 0) is 59.4 Å². The molecule has 0 aliphatic heterocycles. The van der Waals surface area contributed by atoms with Crippen molar-refractivity contribution >= 4 is 43.5 Å². The monoisotopic (exact) mass is 563 g/mol. The molecule has 11 heteroatoms. The number of carboxylic acid groups (broad SMARTS) is 1. The number of hydrogen-bond acceptors (Lipinski definition) is 4. The van der Waals surface area contributed by atoms with Crippen LogP contribution in [0, 0.1) is 11.7 Å². The molecule has 2 aromatic rings. The maximum atomic E-state index is 13.8. The number of halogens is 2. The Morgan fingerprint density at radius 1 is 1.16 bits per heavy atom. The van der Waals surface area contributed by atoms with Crippen LogP contribution in [0.25, 0.3) is 0 Å². The zero-order chi connectivity index (χ0) is 28.4. The van der Waals surface area contributed by atoms with E-state index in [1.165, 1.54) is 24.1 Å². The molecule has 0 aromatic heterocycles. The molecule has 0 bridgehead atoms. The maximum Gasteiger partial charge on any atom is 0.407 e. The summed E-state index contributed by atoms with van der Waals surface area (Å²) in [7, 11) is -0.603. The van der Waals surface area contributed by atoms with Gasteiger partial charge in [-0.2, -0.15) is 0 Å². The van der Waals surface area contributed by atoms with Gasteiger partial charge in [0.15, 0.2) is 8.32 Å². The Labute approximate surface area is 228 Å². The second kappa shape index (κ2) is 11.4. The van der Waals surface area contributed by atoms with Crippen LogP contribution in [0.4, 0.5) is 14.9 Å².